The van der Waals surface area contributed by atoms with E-state index >= 15 is 0 Å². The molecule has 2 heterocycles. The van der Waals surface area contributed by atoms with Crippen LogP contribution in [0.2, 0.25) is 0 Å². The van der Waals surface area contributed by atoms with Gasteiger partial charge >= 0.3 is 0 Å². The molecule has 0 fully saturated rings. The highest BCUT2D eigenvalue weighted by Crippen LogP contribution is 2.20. The Labute approximate surface area is 160 Å². The van der Waals surface area contributed by atoms with Gasteiger partial charge in [-0.3, -0.25) is 9.78 Å². The zero-order valence-corrected chi connectivity index (χ0v) is 14.7. The number of hydrogen-bond acceptors (Lipinski definition) is 5. The van der Waals surface area contributed by atoms with Gasteiger partial charge in [0, 0.05) is 24.9 Å². The van der Waals surface area contributed by atoms with E-state index in [1.54, 1.807) is 36.5 Å². The molecule has 0 saturated carbocycles. The second kappa shape index (κ2) is 7.79. The Morgan fingerprint density at radius 3 is 2.61 bits per heavy atom. The standard InChI is InChI=1S/C21H15FN4O2/c22-15-4-3-5-16(10-15)28-20-9-8-14(11-24-20)12-25-21(27)19-13-23-17-6-1-2-7-18(17)26-19/h1-11,13H,12H2,(H,25,27). The molecule has 0 bridgehead atoms. The number of carbonyl (C=O) groups excluding carboxylic acids is 1. The molecular formula is C21H15FN4O2. The van der Waals surface area contributed by atoms with Crippen LogP contribution in [0.3, 0.4) is 0 Å². The first-order valence-corrected chi connectivity index (χ1v) is 8.56. The molecule has 4 aromatic rings. The van der Waals surface area contributed by atoms with Crippen molar-refractivity contribution in [3.8, 4) is 11.6 Å². The van der Waals surface area contributed by atoms with Gasteiger partial charge in [-0.25, -0.2) is 14.4 Å². The smallest absolute Gasteiger partial charge is 0.271 e. The molecule has 0 radical (unpaired) electrons. The van der Waals surface area contributed by atoms with E-state index in [1.807, 2.05) is 18.2 Å². The van der Waals surface area contributed by atoms with Crippen molar-refractivity contribution >= 4 is 16.9 Å². The number of aromatic nitrogens is 3. The quantitative estimate of drug-likeness (QED) is 0.574. The average Bonchev–Trinajstić information content (AvgIpc) is 2.73. The lowest BCUT2D eigenvalue weighted by Crippen LogP contribution is -2.24. The molecule has 7 heteroatoms. The maximum absolute atomic E-state index is 13.2. The second-order valence-electron chi connectivity index (χ2n) is 5.99. The van der Waals surface area contributed by atoms with Crippen LogP contribution in [0.25, 0.3) is 11.0 Å². The van der Waals surface area contributed by atoms with Gasteiger partial charge in [-0.2, -0.15) is 0 Å². The number of nitrogens with one attached hydrogen (secondary N) is 1. The lowest BCUT2D eigenvalue weighted by Gasteiger charge is -2.07. The second-order valence-corrected chi connectivity index (χ2v) is 5.99. The minimum atomic E-state index is -0.381. The zero-order chi connectivity index (χ0) is 19.3. The summed E-state index contributed by atoms with van der Waals surface area (Å²) >= 11 is 0. The van der Waals surface area contributed by atoms with Crippen molar-refractivity contribution < 1.29 is 13.9 Å². The van der Waals surface area contributed by atoms with Crippen molar-refractivity contribution in [2.45, 2.75) is 6.54 Å². The molecule has 0 aliphatic rings. The molecular weight excluding hydrogens is 359 g/mol. The molecule has 0 aliphatic heterocycles. The summed E-state index contributed by atoms with van der Waals surface area (Å²) in [6.07, 6.45) is 3.03. The minimum absolute atomic E-state index is 0.248. The number of carbonyl (C=O) groups is 1. The molecule has 138 valence electrons. The van der Waals surface area contributed by atoms with Crippen LogP contribution in [0.5, 0.6) is 11.6 Å². The third kappa shape index (κ3) is 4.09. The van der Waals surface area contributed by atoms with Crippen LogP contribution in [0.4, 0.5) is 4.39 Å². The fourth-order valence-electron chi connectivity index (χ4n) is 2.57. The summed E-state index contributed by atoms with van der Waals surface area (Å²) in [4.78, 5) is 25.0. The number of hydrogen-bond donors (Lipinski definition) is 1. The first kappa shape index (κ1) is 17.5. The van der Waals surface area contributed by atoms with Crippen LogP contribution in [-0.2, 0) is 6.54 Å². The van der Waals surface area contributed by atoms with Crippen LogP contribution in [0.15, 0.2) is 73.1 Å². The maximum Gasteiger partial charge on any atom is 0.271 e. The molecule has 2 aromatic carbocycles. The van der Waals surface area contributed by atoms with Gasteiger partial charge in [0.25, 0.3) is 5.91 Å². The third-order valence-electron chi connectivity index (χ3n) is 3.95. The van der Waals surface area contributed by atoms with E-state index in [9.17, 15) is 9.18 Å². The summed E-state index contributed by atoms with van der Waals surface area (Å²) in [5.74, 6) is -0.00327. The fraction of sp³-hybridized carbons (Fsp3) is 0.0476. The lowest BCUT2D eigenvalue weighted by atomic mass is 10.2. The van der Waals surface area contributed by atoms with Crippen LogP contribution in [0, 0.1) is 5.82 Å². The number of nitrogens with zero attached hydrogens (tertiary/aromatic N) is 3. The number of halogens is 1. The van der Waals surface area contributed by atoms with Crippen LogP contribution in [0.1, 0.15) is 16.1 Å². The Kier molecular flexibility index (Phi) is 4.88. The Hall–Kier alpha value is -3.87. The first-order chi connectivity index (χ1) is 13.7. The number of rotatable bonds is 5. The molecule has 0 saturated heterocycles. The first-order valence-electron chi connectivity index (χ1n) is 8.56. The molecule has 1 N–H and O–H groups in total. The minimum Gasteiger partial charge on any atom is -0.439 e. The Morgan fingerprint density at radius 1 is 0.964 bits per heavy atom. The summed E-state index contributed by atoms with van der Waals surface area (Å²) in [5, 5.41) is 2.78. The molecule has 0 atom stereocenters. The number of pyridine rings is 1. The number of amides is 1. The Bertz CT molecular complexity index is 1130. The molecule has 0 spiro atoms. The summed E-state index contributed by atoms with van der Waals surface area (Å²) in [7, 11) is 0. The maximum atomic E-state index is 13.2. The summed E-state index contributed by atoms with van der Waals surface area (Å²) in [6, 6.07) is 16.6. The largest absolute Gasteiger partial charge is 0.439 e. The highest BCUT2D eigenvalue weighted by atomic mass is 19.1. The van der Waals surface area contributed by atoms with Gasteiger partial charge in [0.1, 0.15) is 17.3 Å². The molecule has 0 aliphatic carbocycles. The van der Waals surface area contributed by atoms with Gasteiger partial charge in [0.15, 0.2) is 0 Å². The van der Waals surface area contributed by atoms with Crippen molar-refractivity contribution in [2.75, 3.05) is 0 Å². The van der Waals surface area contributed by atoms with Crippen molar-refractivity contribution in [1.82, 2.24) is 20.3 Å². The zero-order valence-electron chi connectivity index (χ0n) is 14.7. The van der Waals surface area contributed by atoms with Gasteiger partial charge < -0.3 is 10.1 Å². The molecule has 2 aromatic heterocycles. The third-order valence-corrected chi connectivity index (χ3v) is 3.95. The Morgan fingerprint density at radius 2 is 1.82 bits per heavy atom. The molecule has 28 heavy (non-hydrogen) atoms. The SMILES string of the molecule is O=C(NCc1ccc(Oc2cccc(F)c2)nc1)c1cnc2ccccc2n1. The van der Waals surface area contributed by atoms with Crippen molar-refractivity contribution in [3.63, 3.8) is 0 Å². The van der Waals surface area contributed by atoms with Gasteiger partial charge in [-0.15, -0.1) is 0 Å². The van der Waals surface area contributed by atoms with Crippen molar-refractivity contribution in [2.24, 2.45) is 0 Å². The van der Waals surface area contributed by atoms with E-state index in [2.05, 4.69) is 20.3 Å². The predicted octanol–water partition coefficient (Wildman–Crippen LogP) is 3.89. The monoisotopic (exact) mass is 374 g/mol. The van der Waals surface area contributed by atoms with Crippen LogP contribution in [-0.4, -0.2) is 20.9 Å². The molecule has 4 rings (SSSR count). The van der Waals surface area contributed by atoms with E-state index < -0.39 is 0 Å². The number of benzene rings is 2. The normalized spacial score (nSPS) is 10.6. The summed E-state index contributed by atoms with van der Waals surface area (Å²) in [5.41, 5.74) is 2.43. The summed E-state index contributed by atoms with van der Waals surface area (Å²) < 4.78 is 18.7. The van der Waals surface area contributed by atoms with E-state index in [0.29, 0.717) is 17.1 Å². The van der Waals surface area contributed by atoms with Gasteiger partial charge in [0.2, 0.25) is 5.88 Å². The highest BCUT2D eigenvalue weighted by Gasteiger charge is 2.09. The van der Waals surface area contributed by atoms with E-state index in [1.165, 1.54) is 18.3 Å². The van der Waals surface area contributed by atoms with Gasteiger partial charge in [0.05, 0.1) is 17.2 Å². The number of fused-ring (bicyclic) bond motifs is 1. The summed E-state index contributed by atoms with van der Waals surface area (Å²) in [6.45, 7) is 0.278. The fourth-order valence-corrected chi connectivity index (χ4v) is 2.57. The number of para-hydroxylation sites is 2. The predicted molar refractivity (Wildman–Crippen MR) is 101 cm³/mol. The van der Waals surface area contributed by atoms with Gasteiger partial charge in [-0.1, -0.05) is 24.3 Å². The average molecular weight is 374 g/mol. The van der Waals surface area contributed by atoms with Crippen molar-refractivity contribution in [3.05, 3.63) is 90.1 Å². The van der Waals surface area contributed by atoms with E-state index in [0.717, 1.165) is 11.1 Å². The van der Waals surface area contributed by atoms with Gasteiger partial charge in [-0.05, 0) is 29.8 Å². The molecule has 1 amide bonds. The lowest BCUT2D eigenvalue weighted by molar-refractivity contribution is 0.0946. The molecule has 0 unspecified atom stereocenters. The van der Waals surface area contributed by atoms with Crippen LogP contribution >= 0.6 is 0 Å². The number of ether oxygens (including phenoxy) is 1. The van der Waals surface area contributed by atoms with Crippen LogP contribution < -0.4 is 10.1 Å². The van der Waals surface area contributed by atoms with Crippen molar-refractivity contribution in [1.29, 1.82) is 0 Å². The van der Waals surface area contributed by atoms with E-state index in [-0.39, 0.29) is 24.0 Å². The highest BCUT2D eigenvalue weighted by molar-refractivity contribution is 5.93. The topological polar surface area (TPSA) is 77.0 Å². The Balaban J connectivity index is 1.38. The van der Waals surface area contributed by atoms with E-state index in [4.69, 9.17) is 4.74 Å². The molecule has 6 nitrogen and oxygen atoms in total.